The molecule has 0 N–H and O–H groups in total. The van der Waals surface area contributed by atoms with Gasteiger partial charge in [0.15, 0.2) is 0 Å². The molecule has 0 radical (unpaired) electrons. The van der Waals surface area contributed by atoms with Crippen molar-refractivity contribution in [3.63, 3.8) is 0 Å². The molecular formula is C18H23NO2. The number of rotatable bonds is 3. The third-order valence-electron chi connectivity index (χ3n) is 4.77. The maximum Gasteiger partial charge on any atom is 0.308 e. The summed E-state index contributed by atoms with van der Waals surface area (Å²) in [4.78, 5) is 14.3. The molecule has 1 aromatic carbocycles. The number of ether oxygens (including phenoxy) is 1. The van der Waals surface area contributed by atoms with Crippen molar-refractivity contribution >= 4 is 5.97 Å². The van der Waals surface area contributed by atoms with E-state index in [1.807, 2.05) is 0 Å². The maximum absolute atomic E-state index is 11.8. The van der Waals surface area contributed by atoms with Gasteiger partial charge in [-0.3, -0.25) is 9.69 Å². The normalized spacial score (nSPS) is 25.8. The van der Waals surface area contributed by atoms with Crippen LogP contribution < -0.4 is 0 Å². The Morgan fingerprint density at radius 3 is 2.76 bits per heavy atom. The number of carbonyl (C=O) groups is 1. The first-order valence-electron chi connectivity index (χ1n) is 7.72. The molecule has 0 aromatic heterocycles. The molecule has 3 nitrogen and oxygen atoms in total. The van der Waals surface area contributed by atoms with Crippen molar-refractivity contribution in [1.82, 2.24) is 4.90 Å². The number of esters is 1. The third kappa shape index (κ3) is 3.03. The summed E-state index contributed by atoms with van der Waals surface area (Å²) >= 11 is 0. The summed E-state index contributed by atoms with van der Waals surface area (Å²) in [5.74, 6) is 0.508. The molecule has 0 saturated heterocycles. The van der Waals surface area contributed by atoms with Gasteiger partial charge in [-0.15, -0.1) is 0 Å². The minimum absolute atomic E-state index is 0.0464. The fraction of sp³-hybridized carbons (Fsp3) is 0.500. The van der Waals surface area contributed by atoms with E-state index in [0.29, 0.717) is 5.92 Å². The molecule has 3 heteroatoms. The smallest absolute Gasteiger partial charge is 0.308 e. The largest absolute Gasteiger partial charge is 0.469 e. The van der Waals surface area contributed by atoms with Crippen LogP contribution >= 0.6 is 0 Å². The summed E-state index contributed by atoms with van der Waals surface area (Å²) < 4.78 is 4.93. The van der Waals surface area contributed by atoms with Crippen molar-refractivity contribution < 1.29 is 9.53 Å². The lowest BCUT2D eigenvalue weighted by molar-refractivity contribution is -0.146. The van der Waals surface area contributed by atoms with E-state index in [1.165, 1.54) is 18.2 Å². The SMILES string of the molecule is COC(=O)[C@@H]1CC2=C(CN(Cc3ccccc3)C2)[C@H](C)C1. The summed E-state index contributed by atoms with van der Waals surface area (Å²) in [6.07, 6.45) is 1.82. The lowest BCUT2D eigenvalue weighted by atomic mass is 9.79. The highest BCUT2D eigenvalue weighted by Gasteiger charge is 2.35. The highest BCUT2D eigenvalue weighted by atomic mass is 16.5. The summed E-state index contributed by atoms with van der Waals surface area (Å²) in [7, 11) is 1.49. The predicted octanol–water partition coefficient (Wildman–Crippen LogP) is 3.02. The number of hydrogen-bond acceptors (Lipinski definition) is 3. The number of benzene rings is 1. The molecule has 0 saturated carbocycles. The van der Waals surface area contributed by atoms with E-state index in [2.05, 4.69) is 42.2 Å². The second kappa shape index (κ2) is 6.02. The van der Waals surface area contributed by atoms with Crippen molar-refractivity contribution in [3.05, 3.63) is 47.0 Å². The zero-order chi connectivity index (χ0) is 14.8. The third-order valence-corrected chi connectivity index (χ3v) is 4.77. The van der Waals surface area contributed by atoms with Gasteiger partial charge in [0.1, 0.15) is 0 Å². The Kier molecular flexibility index (Phi) is 4.11. The zero-order valence-corrected chi connectivity index (χ0v) is 12.8. The summed E-state index contributed by atoms with van der Waals surface area (Å²) in [5.41, 5.74) is 4.39. The van der Waals surface area contributed by atoms with Crippen molar-refractivity contribution in [2.45, 2.75) is 26.3 Å². The van der Waals surface area contributed by atoms with Crippen LogP contribution in [0, 0.1) is 11.8 Å². The first-order valence-corrected chi connectivity index (χ1v) is 7.72. The first-order chi connectivity index (χ1) is 10.2. The molecule has 1 aromatic rings. The molecule has 0 fully saturated rings. The van der Waals surface area contributed by atoms with Crippen molar-refractivity contribution in [3.8, 4) is 0 Å². The lowest BCUT2D eigenvalue weighted by Crippen LogP contribution is -2.24. The minimum atomic E-state index is -0.0464. The van der Waals surface area contributed by atoms with Gasteiger partial charge < -0.3 is 4.74 Å². The molecule has 112 valence electrons. The van der Waals surface area contributed by atoms with Crippen LogP contribution in [0.4, 0.5) is 0 Å². The van der Waals surface area contributed by atoms with Crippen LogP contribution in [0.2, 0.25) is 0 Å². The quantitative estimate of drug-likeness (QED) is 0.631. The molecule has 1 aliphatic carbocycles. The van der Waals surface area contributed by atoms with Gasteiger partial charge in [0.05, 0.1) is 13.0 Å². The molecule has 2 atom stereocenters. The molecule has 1 aliphatic heterocycles. The second-order valence-corrected chi connectivity index (χ2v) is 6.32. The van der Waals surface area contributed by atoms with E-state index in [1.54, 1.807) is 5.57 Å². The highest BCUT2D eigenvalue weighted by molar-refractivity contribution is 5.73. The number of methoxy groups -OCH3 is 1. The molecule has 1 heterocycles. The summed E-state index contributed by atoms with van der Waals surface area (Å²) in [5, 5.41) is 0. The van der Waals surface area contributed by atoms with Crippen LogP contribution in [0.25, 0.3) is 0 Å². The molecule has 0 bridgehead atoms. The van der Waals surface area contributed by atoms with Crippen LogP contribution in [0.15, 0.2) is 41.5 Å². The van der Waals surface area contributed by atoms with E-state index in [-0.39, 0.29) is 11.9 Å². The van der Waals surface area contributed by atoms with Crippen LogP contribution in [-0.4, -0.2) is 31.1 Å². The van der Waals surface area contributed by atoms with Gasteiger partial charge in [0.25, 0.3) is 0 Å². The Bertz CT molecular complexity index is 550. The molecule has 2 aliphatic rings. The Labute approximate surface area is 126 Å². The monoisotopic (exact) mass is 285 g/mol. The molecule has 0 unspecified atom stereocenters. The fourth-order valence-electron chi connectivity index (χ4n) is 3.73. The van der Waals surface area contributed by atoms with Crippen molar-refractivity contribution in [1.29, 1.82) is 0 Å². The van der Waals surface area contributed by atoms with Gasteiger partial charge in [-0.25, -0.2) is 0 Å². The Hall–Kier alpha value is -1.61. The summed E-state index contributed by atoms with van der Waals surface area (Å²) in [6.45, 7) is 5.29. The van der Waals surface area contributed by atoms with Gasteiger partial charge in [0.2, 0.25) is 0 Å². The number of nitrogens with zero attached hydrogens (tertiary/aromatic N) is 1. The Morgan fingerprint density at radius 1 is 1.29 bits per heavy atom. The maximum atomic E-state index is 11.8. The standard InChI is InChI=1S/C18H23NO2/c1-13-8-15(18(20)21-2)9-16-11-19(12-17(13)16)10-14-6-4-3-5-7-14/h3-7,13,15H,8-12H2,1-2H3/t13-,15+/m1/s1. The summed E-state index contributed by atoms with van der Waals surface area (Å²) in [6, 6.07) is 10.6. The molecule has 3 rings (SSSR count). The minimum Gasteiger partial charge on any atom is -0.469 e. The van der Waals surface area contributed by atoms with E-state index in [4.69, 9.17) is 4.74 Å². The predicted molar refractivity (Wildman–Crippen MR) is 82.6 cm³/mol. The van der Waals surface area contributed by atoms with E-state index >= 15 is 0 Å². The fourth-order valence-corrected chi connectivity index (χ4v) is 3.73. The lowest BCUT2D eigenvalue weighted by Gasteiger charge is -2.26. The average Bonchev–Trinajstić information content (AvgIpc) is 2.90. The molecule has 0 spiro atoms. The van der Waals surface area contributed by atoms with Crippen molar-refractivity contribution in [2.24, 2.45) is 11.8 Å². The van der Waals surface area contributed by atoms with Gasteiger partial charge in [-0.1, -0.05) is 48.4 Å². The van der Waals surface area contributed by atoms with Crippen molar-refractivity contribution in [2.75, 3.05) is 20.2 Å². The van der Waals surface area contributed by atoms with Crippen LogP contribution in [0.1, 0.15) is 25.3 Å². The van der Waals surface area contributed by atoms with Gasteiger partial charge in [-0.2, -0.15) is 0 Å². The van der Waals surface area contributed by atoms with Crippen LogP contribution in [0.5, 0.6) is 0 Å². The zero-order valence-electron chi connectivity index (χ0n) is 12.8. The second-order valence-electron chi connectivity index (χ2n) is 6.32. The van der Waals surface area contributed by atoms with E-state index in [0.717, 1.165) is 32.5 Å². The van der Waals surface area contributed by atoms with E-state index in [9.17, 15) is 4.79 Å². The van der Waals surface area contributed by atoms with Crippen LogP contribution in [-0.2, 0) is 16.1 Å². The molecule has 0 amide bonds. The Balaban J connectivity index is 1.66. The van der Waals surface area contributed by atoms with Gasteiger partial charge in [-0.05, 0) is 24.3 Å². The highest BCUT2D eigenvalue weighted by Crippen LogP contribution is 2.38. The average molecular weight is 285 g/mol. The van der Waals surface area contributed by atoms with Gasteiger partial charge in [0, 0.05) is 19.6 Å². The Morgan fingerprint density at radius 2 is 2.05 bits per heavy atom. The first kappa shape index (κ1) is 14.3. The number of hydrogen-bond donors (Lipinski definition) is 0. The van der Waals surface area contributed by atoms with E-state index < -0.39 is 0 Å². The number of carbonyl (C=O) groups excluding carboxylic acids is 1. The molecule has 21 heavy (non-hydrogen) atoms. The molecular weight excluding hydrogens is 262 g/mol. The topological polar surface area (TPSA) is 29.5 Å². The van der Waals surface area contributed by atoms with Crippen LogP contribution in [0.3, 0.4) is 0 Å². The van der Waals surface area contributed by atoms with Gasteiger partial charge >= 0.3 is 5.97 Å².